The molecule has 0 saturated heterocycles. The topological polar surface area (TPSA) is 79.8 Å². The summed E-state index contributed by atoms with van der Waals surface area (Å²) in [6, 6.07) is 5.39. The molecule has 2 amide bonds. The number of amides is 2. The lowest BCUT2D eigenvalue weighted by atomic mass is 10.2. The lowest BCUT2D eigenvalue weighted by Gasteiger charge is -2.07. The molecule has 1 aromatic rings. The fourth-order valence-electron chi connectivity index (χ4n) is 1.57. The highest BCUT2D eigenvalue weighted by Crippen LogP contribution is 2.21. The zero-order chi connectivity index (χ0) is 17.1. The molecule has 2 N–H and O–H groups in total. The van der Waals surface area contributed by atoms with E-state index in [2.05, 4.69) is 38.4 Å². The minimum atomic E-state index is -0.805. The van der Waals surface area contributed by atoms with Crippen molar-refractivity contribution in [2.75, 3.05) is 13.2 Å². The van der Waals surface area contributed by atoms with E-state index >= 15 is 0 Å². The lowest BCUT2D eigenvalue weighted by molar-refractivity contribution is -0.139. The van der Waals surface area contributed by atoms with Gasteiger partial charge in [0.25, 0.3) is 0 Å². The Morgan fingerprint density at radius 2 is 2.17 bits per heavy atom. The number of hydrogen-bond donors (Lipinski definition) is 2. The summed E-state index contributed by atoms with van der Waals surface area (Å²) in [5.74, 6) is -0.910. The lowest BCUT2D eigenvalue weighted by Crippen LogP contribution is -2.38. The summed E-state index contributed by atoms with van der Waals surface area (Å²) in [5, 5.41) is 6.30. The van der Waals surface area contributed by atoms with Gasteiger partial charge in [0, 0.05) is 16.6 Å². The summed E-state index contributed by atoms with van der Waals surface area (Å²) in [5.41, 5.74) is 2.85. The first-order chi connectivity index (χ1) is 11.1. The normalized spacial score (nSPS) is 10.3. The minimum absolute atomic E-state index is 0.356. The van der Waals surface area contributed by atoms with E-state index in [9.17, 15) is 9.59 Å². The molecule has 1 aromatic carbocycles. The maximum atomic E-state index is 11.6. The van der Waals surface area contributed by atoms with Gasteiger partial charge in [0.05, 0.1) is 6.21 Å². The van der Waals surface area contributed by atoms with Crippen LogP contribution in [0.2, 0.25) is 0 Å². The van der Waals surface area contributed by atoms with Crippen LogP contribution in [0.1, 0.15) is 25.3 Å². The predicted molar refractivity (Wildman–Crippen MR) is 93.5 cm³/mol. The van der Waals surface area contributed by atoms with E-state index in [0.29, 0.717) is 24.5 Å². The van der Waals surface area contributed by atoms with Crippen molar-refractivity contribution in [3.63, 3.8) is 0 Å². The molecule has 6 nitrogen and oxygen atoms in total. The standard InChI is InChI=1S/C16H20BrN3O3/c1-3-5-8-18-15(21)16(22)20-19-11-12-10-13(17)6-7-14(12)23-9-4-2/h4,6-7,10-11H,2-3,5,8-9H2,1H3,(H,18,21)(H,20,22)/b19-11-. The summed E-state index contributed by atoms with van der Waals surface area (Å²) >= 11 is 3.35. The van der Waals surface area contributed by atoms with Gasteiger partial charge in [0.1, 0.15) is 12.4 Å². The van der Waals surface area contributed by atoms with Crippen molar-refractivity contribution in [1.82, 2.24) is 10.7 Å². The van der Waals surface area contributed by atoms with E-state index in [-0.39, 0.29) is 0 Å². The molecule has 0 bridgehead atoms. The van der Waals surface area contributed by atoms with E-state index in [0.717, 1.165) is 17.3 Å². The Kier molecular flexibility index (Phi) is 8.67. The van der Waals surface area contributed by atoms with Gasteiger partial charge in [-0.15, -0.1) is 0 Å². The van der Waals surface area contributed by atoms with Gasteiger partial charge in [-0.1, -0.05) is 41.9 Å². The quantitative estimate of drug-likeness (QED) is 0.238. The number of hydrogen-bond acceptors (Lipinski definition) is 4. The molecule has 1 rings (SSSR count). The van der Waals surface area contributed by atoms with E-state index in [1.807, 2.05) is 13.0 Å². The van der Waals surface area contributed by atoms with Gasteiger partial charge in [0.2, 0.25) is 0 Å². The van der Waals surface area contributed by atoms with Gasteiger partial charge in [-0.05, 0) is 24.6 Å². The highest BCUT2D eigenvalue weighted by Gasteiger charge is 2.11. The average Bonchev–Trinajstić information content (AvgIpc) is 2.54. The number of nitrogens with zero attached hydrogens (tertiary/aromatic N) is 1. The monoisotopic (exact) mass is 381 g/mol. The molecule has 0 spiro atoms. The number of hydrazone groups is 1. The fourth-order valence-corrected chi connectivity index (χ4v) is 1.95. The van der Waals surface area contributed by atoms with Gasteiger partial charge >= 0.3 is 11.8 Å². The number of benzene rings is 1. The highest BCUT2D eigenvalue weighted by molar-refractivity contribution is 9.10. The number of halogens is 1. The summed E-state index contributed by atoms with van der Waals surface area (Å²) in [7, 11) is 0. The Balaban J connectivity index is 2.62. The second-order valence-corrected chi connectivity index (χ2v) is 5.51. The van der Waals surface area contributed by atoms with Crippen molar-refractivity contribution in [3.8, 4) is 5.75 Å². The van der Waals surface area contributed by atoms with E-state index in [4.69, 9.17) is 4.74 Å². The van der Waals surface area contributed by atoms with Crippen LogP contribution in [-0.2, 0) is 9.59 Å². The Bertz CT molecular complexity index is 588. The SMILES string of the molecule is C=CCOc1ccc(Br)cc1/C=N\NC(=O)C(=O)NCCCC. The molecular formula is C16H20BrN3O3. The number of unbranched alkanes of at least 4 members (excludes halogenated alkanes) is 1. The van der Waals surface area contributed by atoms with Gasteiger partial charge < -0.3 is 10.1 Å². The zero-order valence-electron chi connectivity index (χ0n) is 13.0. The number of carbonyl (C=O) groups excluding carboxylic acids is 2. The summed E-state index contributed by atoms with van der Waals surface area (Å²) in [6.07, 6.45) is 4.81. The minimum Gasteiger partial charge on any atom is -0.489 e. The first kappa shape index (κ1) is 18.9. The van der Waals surface area contributed by atoms with Crippen LogP contribution < -0.4 is 15.5 Å². The molecule has 124 valence electrons. The third-order valence-corrected chi connectivity index (χ3v) is 3.21. The molecule has 0 atom stereocenters. The second-order valence-electron chi connectivity index (χ2n) is 4.59. The van der Waals surface area contributed by atoms with Crippen molar-refractivity contribution in [2.45, 2.75) is 19.8 Å². The van der Waals surface area contributed by atoms with Crippen LogP contribution in [0.5, 0.6) is 5.75 Å². The maximum Gasteiger partial charge on any atom is 0.329 e. The largest absolute Gasteiger partial charge is 0.489 e. The smallest absolute Gasteiger partial charge is 0.329 e. The van der Waals surface area contributed by atoms with Gasteiger partial charge in [-0.3, -0.25) is 9.59 Å². The van der Waals surface area contributed by atoms with E-state index in [1.165, 1.54) is 6.21 Å². The third kappa shape index (κ3) is 7.10. The van der Waals surface area contributed by atoms with E-state index in [1.54, 1.807) is 18.2 Å². The molecule has 0 aliphatic heterocycles. The first-order valence-electron chi connectivity index (χ1n) is 7.23. The van der Waals surface area contributed by atoms with Crippen LogP contribution in [0.15, 0.2) is 40.4 Å². The second kappa shape index (κ2) is 10.6. The molecule has 23 heavy (non-hydrogen) atoms. The Labute approximate surface area is 144 Å². The van der Waals surface area contributed by atoms with Gasteiger partial charge in [-0.2, -0.15) is 5.10 Å². The molecular weight excluding hydrogens is 362 g/mol. The van der Waals surface area contributed by atoms with Crippen molar-refractivity contribution >= 4 is 34.0 Å². The average molecular weight is 382 g/mol. The Hall–Kier alpha value is -2.15. The molecule has 0 radical (unpaired) electrons. The van der Waals surface area contributed by atoms with Crippen LogP contribution in [-0.4, -0.2) is 31.2 Å². The molecule has 0 heterocycles. The number of nitrogens with one attached hydrogen (secondary N) is 2. The fraction of sp³-hybridized carbons (Fsp3) is 0.312. The number of carbonyl (C=O) groups is 2. The molecule has 0 unspecified atom stereocenters. The molecule has 0 saturated carbocycles. The number of rotatable bonds is 8. The Morgan fingerprint density at radius 3 is 2.87 bits per heavy atom. The summed E-state index contributed by atoms with van der Waals surface area (Å²) in [6.45, 7) is 6.42. The van der Waals surface area contributed by atoms with Crippen LogP contribution in [0.25, 0.3) is 0 Å². The van der Waals surface area contributed by atoms with Gasteiger partial charge in [0.15, 0.2) is 0 Å². The molecule has 0 aliphatic rings. The van der Waals surface area contributed by atoms with Crippen molar-refractivity contribution in [1.29, 1.82) is 0 Å². The maximum absolute atomic E-state index is 11.6. The molecule has 0 aromatic heterocycles. The van der Waals surface area contributed by atoms with Crippen LogP contribution in [0, 0.1) is 0 Å². The zero-order valence-corrected chi connectivity index (χ0v) is 14.6. The van der Waals surface area contributed by atoms with Crippen LogP contribution >= 0.6 is 15.9 Å². The summed E-state index contributed by atoms with van der Waals surface area (Å²) < 4.78 is 6.33. The van der Waals surface area contributed by atoms with Crippen molar-refractivity contribution in [3.05, 3.63) is 40.9 Å². The van der Waals surface area contributed by atoms with E-state index < -0.39 is 11.8 Å². The third-order valence-electron chi connectivity index (χ3n) is 2.72. The van der Waals surface area contributed by atoms with Crippen molar-refractivity contribution < 1.29 is 14.3 Å². The molecule has 0 aliphatic carbocycles. The molecule has 0 fully saturated rings. The number of ether oxygens (including phenoxy) is 1. The molecule has 7 heteroatoms. The van der Waals surface area contributed by atoms with Crippen molar-refractivity contribution in [2.24, 2.45) is 5.10 Å². The highest BCUT2D eigenvalue weighted by atomic mass is 79.9. The van der Waals surface area contributed by atoms with Gasteiger partial charge in [-0.25, -0.2) is 5.43 Å². The van der Waals surface area contributed by atoms with Crippen LogP contribution in [0.3, 0.4) is 0 Å². The Morgan fingerprint density at radius 1 is 1.39 bits per heavy atom. The predicted octanol–water partition coefficient (Wildman–Crippen LogP) is 2.38. The first-order valence-corrected chi connectivity index (χ1v) is 8.02. The summed E-state index contributed by atoms with van der Waals surface area (Å²) in [4.78, 5) is 23.0. The van der Waals surface area contributed by atoms with Crippen LogP contribution in [0.4, 0.5) is 0 Å².